The summed E-state index contributed by atoms with van der Waals surface area (Å²) in [6.07, 6.45) is 0. The van der Waals surface area contributed by atoms with E-state index in [1.807, 2.05) is 18.2 Å². The van der Waals surface area contributed by atoms with Gasteiger partial charge in [-0.25, -0.2) is 0 Å². The molecule has 3 heterocycles. The fourth-order valence-electron chi connectivity index (χ4n) is 8.05. The molecule has 0 radical (unpaired) electrons. The van der Waals surface area contributed by atoms with E-state index < -0.39 is 0 Å². The van der Waals surface area contributed by atoms with Gasteiger partial charge in [0.1, 0.15) is 0 Å². The van der Waals surface area contributed by atoms with Crippen LogP contribution >= 0.6 is 54.5 Å². The highest BCUT2D eigenvalue weighted by Crippen LogP contribution is 2.38. The summed E-state index contributed by atoms with van der Waals surface area (Å²) in [5.74, 6) is 0. The van der Waals surface area contributed by atoms with Crippen molar-refractivity contribution >= 4 is 111 Å². The molecule has 10 aromatic rings. The van der Waals surface area contributed by atoms with Crippen LogP contribution in [0.3, 0.4) is 0 Å². The first-order valence-electron chi connectivity index (χ1n) is 20.7. The maximum Gasteiger partial charge on any atom is 0.494 e. The molecule has 0 bridgehead atoms. The van der Waals surface area contributed by atoms with E-state index in [0.29, 0.717) is 0 Å². The lowest BCUT2D eigenvalue weighted by atomic mass is 9.78. The van der Waals surface area contributed by atoms with E-state index in [9.17, 15) is 0 Å². The molecule has 8 aromatic carbocycles. The molecule has 8 heteroatoms. The van der Waals surface area contributed by atoms with Crippen LogP contribution in [0.1, 0.15) is 42.5 Å². The number of rotatable bonds is 4. The van der Waals surface area contributed by atoms with Crippen LogP contribution in [0.25, 0.3) is 66.1 Å². The van der Waals surface area contributed by atoms with Crippen molar-refractivity contribution < 1.29 is 9.31 Å². The molecule has 322 valence electrons. The van der Waals surface area contributed by atoms with Crippen LogP contribution in [0.4, 0.5) is 0 Å². The molecule has 0 amide bonds. The van der Waals surface area contributed by atoms with Crippen LogP contribution < -0.4 is 5.46 Å². The monoisotopic (exact) mass is 1080 g/mol. The summed E-state index contributed by atoms with van der Waals surface area (Å²) in [4.78, 5) is 0. The van der Waals surface area contributed by atoms with Crippen molar-refractivity contribution in [2.24, 2.45) is 0 Å². The molecule has 0 unspecified atom stereocenters. The molecule has 0 spiro atoms. The number of hydrogen-bond donors (Lipinski definition) is 0. The molecule has 64 heavy (non-hydrogen) atoms. The van der Waals surface area contributed by atoms with Crippen LogP contribution in [-0.4, -0.2) is 27.5 Å². The smallest absolute Gasteiger partial charge is 0.399 e. The van der Waals surface area contributed by atoms with Crippen molar-refractivity contribution in [2.45, 2.75) is 53.8 Å². The summed E-state index contributed by atoms with van der Waals surface area (Å²) in [5, 5.41) is 5.02. The molecule has 0 atom stereocenters. The Morgan fingerprint density at radius 2 is 0.812 bits per heavy atom. The van der Waals surface area contributed by atoms with Crippen molar-refractivity contribution in [3.8, 4) is 22.5 Å². The van der Waals surface area contributed by atoms with Crippen LogP contribution in [-0.2, 0) is 9.31 Å². The Labute approximate surface area is 408 Å². The van der Waals surface area contributed by atoms with Gasteiger partial charge in [0.15, 0.2) is 0 Å². The fraction of sp³-hybridized carbons (Fsp3) is 0.143. The zero-order valence-electron chi connectivity index (χ0n) is 34.9. The average molecular weight is 1080 g/mol. The fourth-order valence-corrected chi connectivity index (χ4v) is 8.94. The molecule has 4 nitrogen and oxygen atoms in total. The quantitative estimate of drug-likeness (QED) is 0.130. The van der Waals surface area contributed by atoms with E-state index in [1.165, 1.54) is 64.0 Å². The molecule has 0 saturated carbocycles. The number of fused-ring (bicyclic) bond motifs is 6. The third kappa shape index (κ3) is 9.40. The predicted octanol–water partition coefficient (Wildman–Crippen LogP) is 16.6. The van der Waals surface area contributed by atoms with E-state index >= 15 is 0 Å². The SMILES string of the molecule is Brc1ccc(-c2ccc3c(c2)c2ccccc2n3-c2ccccc2)cc1.Brc1ccc(I)cc1.C.C.CC1(C)OB(c2ccc3c(c2)c2ccccc2n3-c2ccccc2)OC1(C)C. The molecule has 2 aromatic heterocycles. The molecule has 1 saturated heterocycles. The van der Waals surface area contributed by atoms with Gasteiger partial charge in [-0.05, 0) is 158 Å². The first-order chi connectivity index (χ1) is 30.0. The second-order valence-electron chi connectivity index (χ2n) is 16.4. The Morgan fingerprint density at radius 3 is 1.30 bits per heavy atom. The van der Waals surface area contributed by atoms with Gasteiger partial charge in [-0.15, -0.1) is 0 Å². The van der Waals surface area contributed by atoms with Gasteiger partial charge in [0.25, 0.3) is 0 Å². The van der Waals surface area contributed by atoms with E-state index in [4.69, 9.17) is 9.31 Å². The highest BCUT2D eigenvalue weighted by Gasteiger charge is 2.51. The number of nitrogens with zero attached hydrogens (tertiary/aromatic N) is 2. The lowest BCUT2D eigenvalue weighted by Gasteiger charge is -2.32. The maximum absolute atomic E-state index is 6.27. The number of hydrogen-bond acceptors (Lipinski definition) is 2. The van der Waals surface area contributed by atoms with Gasteiger partial charge in [-0.2, -0.15) is 0 Å². The topological polar surface area (TPSA) is 28.3 Å². The minimum Gasteiger partial charge on any atom is -0.399 e. The first-order valence-corrected chi connectivity index (χ1v) is 23.3. The number of benzene rings is 8. The number of halogens is 3. The Balaban J connectivity index is 0.000000159. The minimum absolute atomic E-state index is 0. The van der Waals surface area contributed by atoms with Gasteiger partial charge in [-0.1, -0.05) is 150 Å². The molecule has 1 aliphatic heterocycles. The summed E-state index contributed by atoms with van der Waals surface area (Å²) in [7, 11) is -0.353. The molecule has 1 aliphatic rings. The molecule has 0 aliphatic carbocycles. The second-order valence-corrected chi connectivity index (χ2v) is 19.5. The van der Waals surface area contributed by atoms with Crippen molar-refractivity contribution in [3.63, 3.8) is 0 Å². The minimum atomic E-state index is -0.353. The normalized spacial score (nSPS) is 13.7. The van der Waals surface area contributed by atoms with Gasteiger partial charge in [0.2, 0.25) is 0 Å². The average Bonchev–Trinajstić information content (AvgIpc) is 3.88. The van der Waals surface area contributed by atoms with Crippen LogP contribution in [0.15, 0.2) is 203 Å². The third-order valence-electron chi connectivity index (χ3n) is 11.9. The zero-order valence-corrected chi connectivity index (χ0v) is 40.2. The van der Waals surface area contributed by atoms with E-state index in [-0.39, 0.29) is 33.2 Å². The summed E-state index contributed by atoms with van der Waals surface area (Å²) in [5.41, 5.74) is 10.1. The largest absolute Gasteiger partial charge is 0.494 e. The highest BCUT2D eigenvalue weighted by molar-refractivity contribution is 14.1. The van der Waals surface area contributed by atoms with Gasteiger partial charge < -0.3 is 18.4 Å². The standard InChI is InChI=1S/C24H24BNO2.C24H16BrN.C6H4BrI.2CH4/c1-23(2)24(3,4)28-25(27-23)17-14-15-22-20(16-17)19-12-8-9-13-21(19)26(22)18-10-6-5-7-11-18;25-19-13-10-17(11-14-19)18-12-15-24-22(16-18)21-8-4-5-9-23(21)26(24)20-6-2-1-3-7-20;7-5-1-3-6(8)4-2-5;;/h5-16H,1-4H3;1-16H;1-4H;2*1H4. The lowest BCUT2D eigenvalue weighted by Crippen LogP contribution is -2.41. The number of aromatic nitrogens is 2. The Hall–Kier alpha value is -4.97. The summed E-state index contributed by atoms with van der Waals surface area (Å²) in [6.45, 7) is 8.36. The van der Waals surface area contributed by atoms with Crippen molar-refractivity contribution in [2.75, 3.05) is 0 Å². The van der Waals surface area contributed by atoms with Crippen molar-refractivity contribution in [1.29, 1.82) is 0 Å². The maximum atomic E-state index is 6.27. The lowest BCUT2D eigenvalue weighted by molar-refractivity contribution is 0.00578. The van der Waals surface area contributed by atoms with Gasteiger partial charge >= 0.3 is 7.12 Å². The molecular weight excluding hydrogens is 1030 g/mol. The number of para-hydroxylation sites is 4. The van der Waals surface area contributed by atoms with Crippen molar-refractivity contribution in [3.05, 3.63) is 207 Å². The highest BCUT2D eigenvalue weighted by atomic mass is 127. The molecule has 0 N–H and O–H groups in total. The second kappa shape index (κ2) is 19.6. The molecular formula is C56H52BBr2IN2O2. The van der Waals surface area contributed by atoms with E-state index in [2.05, 4.69) is 267 Å². The van der Waals surface area contributed by atoms with Crippen LogP contribution in [0.5, 0.6) is 0 Å². The Kier molecular flexibility index (Phi) is 14.4. The van der Waals surface area contributed by atoms with Crippen molar-refractivity contribution in [1.82, 2.24) is 9.13 Å². The predicted molar refractivity (Wildman–Crippen MR) is 291 cm³/mol. The molecule has 11 rings (SSSR count). The van der Waals surface area contributed by atoms with Crippen LogP contribution in [0, 0.1) is 3.57 Å². The van der Waals surface area contributed by atoms with E-state index in [1.54, 1.807) is 0 Å². The Bertz CT molecular complexity index is 3130. The van der Waals surface area contributed by atoms with Crippen LogP contribution in [0.2, 0.25) is 0 Å². The zero-order chi connectivity index (χ0) is 43.0. The first kappa shape index (κ1) is 47.0. The third-order valence-corrected chi connectivity index (χ3v) is 13.7. The van der Waals surface area contributed by atoms with E-state index in [0.717, 1.165) is 20.1 Å². The summed E-state index contributed by atoms with van der Waals surface area (Å²) >= 11 is 9.13. The van der Waals surface area contributed by atoms with Gasteiger partial charge in [-0.3, -0.25) is 0 Å². The summed E-state index contributed by atoms with van der Waals surface area (Å²) < 4.78 is 20.7. The summed E-state index contributed by atoms with van der Waals surface area (Å²) in [6, 6.07) is 68.2. The van der Waals surface area contributed by atoms with Gasteiger partial charge in [0.05, 0.1) is 33.3 Å². The Morgan fingerprint density at radius 1 is 0.422 bits per heavy atom. The molecule has 1 fully saturated rings. The van der Waals surface area contributed by atoms with Gasteiger partial charge in [0, 0.05) is 45.4 Å².